The van der Waals surface area contributed by atoms with Crippen LogP contribution < -0.4 is 10.1 Å². The van der Waals surface area contributed by atoms with Gasteiger partial charge in [0, 0.05) is 68.7 Å². The molecular formula is C37H45N3O12. The van der Waals surface area contributed by atoms with E-state index in [-0.39, 0.29) is 52.1 Å². The van der Waals surface area contributed by atoms with Crippen LogP contribution in [0.2, 0.25) is 0 Å². The van der Waals surface area contributed by atoms with Crippen molar-refractivity contribution in [3.63, 3.8) is 0 Å². The standard InChI is InChI=1S/C37H45N3O12/c1-18-33-21(40-13-14-49-35(48-3)34(40)52-33)15-24(50-18)51-23-17-37(46,36(45)39-11-5-9-38-10-6-12-39)16-20-26(23)32(44)28-27(30(20)42)29(41)19-7-4-8-22(47-2)25(19)31(28)43/h4,7-8,18,21,23-24,33-35,38,42,44,46H,5-6,9-17H2,1-3H3/t18-,21-,23-,24-,33+,34+,35-,37-/m0/s1. The molecule has 4 aliphatic heterocycles. The number of rotatable bonds is 5. The van der Waals surface area contributed by atoms with Gasteiger partial charge in [-0.05, 0) is 38.9 Å². The fourth-order valence-electron chi connectivity index (χ4n) is 9.02. The lowest BCUT2D eigenvalue weighted by atomic mass is 9.72. The molecule has 0 bridgehead atoms. The summed E-state index contributed by atoms with van der Waals surface area (Å²) < 4.78 is 36.0. The molecule has 4 fully saturated rings. The van der Waals surface area contributed by atoms with Crippen LogP contribution in [0.5, 0.6) is 17.2 Å². The normalized spacial score (nSPS) is 33.2. The van der Waals surface area contributed by atoms with Gasteiger partial charge in [0.15, 0.2) is 24.6 Å². The fourth-order valence-corrected chi connectivity index (χ4v) is 9.02. The first-order valence-corrected chi connectivity index (χ1v) is 18.0. The summed E-state index contributed by atoms with van der Waals surface area (Å²) in [7, 11) is 2.93. The molecule has 280 valence electrons. The summed E-state index contributed by atoms with van der Waals surface area (Å²) in [6, 6.07) is 4.41. The summed E-state index contributed by atoms with van der Waals surface area (Å²) in [6.45, 7) is 5.17. The summed E-state index contributed by atoms with van der Waals surface area (Å²) in [5.74, 6) is -2.94. The van der Waals surface area contributed by atoms with E-state index in [0.29, 0.717) is 45.5 Å². The lowest BCUT2D eigenvalue weighted by molar-refractivity contribution is -0.256. The van der Waals surface area contributed by atoms with E-state index in [1.807, 2.05) is 6.92 Å². The number of fused-ring (bicyclic) bond motifs is 6. The highest BCUT2D eigenvalue weighted by atomic mass is 16.7. The molecule has 0 radical (unpaired) electrons. The first-order valence-electron chi connectivity index (χ1n) is 18.0. The molecule has 4 saturated heterocycles. The molecule has 0 aromatic heterocycles. The zero-order chi connectivity index (χ0) is 36.5. The van der Waals surface area contributed by atoms with Crippen molar-refractivity contribution in [2.24, 2.45) is 0 Å². The van der Waals surface area contributed by atoms with Gasteiger partial charge in [-0.25, -0.2) is 0 Å². The summed E-state index contributed by atoms with van der Waals surface area (Å²) in [5.41, 5.74) is -2.90. The number of aromatic hydroxyl groups is 2. The van der Waals surface area contributed by atoms with E-state index >= 15 is 0 Å². The van der Waals surface area contributed by atoms with Crippen molar-refractivity contribution in [1.82, 2.24) is 15.1 Å². The molecule has 1 amide bonds. The minimum Gasteiger partial charge on any atom is -0.507 e. The first kappa shape index (κ1) is 35.4. The van der Waals surface area contributed by atoms with E-state index in [2.05, 4.69) is 10.2 Å². The molecule has 2 aliphatic carbocycles. The predicted molar refractivity (Wildman–Crippen MR) is 180 cm³/mol. The Morgan fingerprint density at radius 1 is 1.00 bits per heavy atom. The van der Waals surface area contributed by atoms with E-state index in [9.17, 15) is 29.7 Å². The Kier molecular flexibility index (Phi) is 9.27. The number of phenolic OH excluding ortho intramolecular Hbond substituents is 2. The van der Waals surface area contributed by atoms with Crippen molar-refractivity contribution in [1.29, 1.82) is 0 Å². The first-order chi connectivity index (χ1) is 25.1. The molecule has 52 heavy (non-hydrogen) atoms. The molecule has 2 aromatic carbocycles. The van der Waals surface area contributed by atoms with Crippen molar-refractivity contribution in [2.45, 2.75) is 87.8 Å². The lowest BCUT2D eigenvalue weighted by Crippen LogP contribution is -2.56. The minimum atomic E-state index is -2.08. The van der Waals surface area contributed by atoms with Gasteiger partial charge in [-0.2, -0.15) is 0 Å². The number of carbonyl (C=O) groups excluding carboxylic acids is 3. The minimum absolute atomic E-state index is 0.00532. The molecule has 2 aromatic rings. The van der Waals surface area contributed by atoms with Crippen LogP contribution in [0, 0.1) is 0 Å². The Morgan fingerprint density at radius 2 is 1.75 bits per heavy atom. The smallest absolute Gasteiger partial charge is 0.254 e. The molecule has 0 unspecified atom stereocenters. The second kappa shape index (κ2) is 13.6. The zero-order valence-corrected chi connectivity index (χ0v) is 29.5. The number of nitrogens with one attached hydrogen (secondary N) is 1. The number of carbonyl (C=O) groups is 3. The van der Waals surface area contributed by atoms with Gasteiger partial charge >= 0.3 is 0 Å². The predicted octanol–water partition coefficient (Wildman–Crippen LogP) is 1.36. The number of benzene rings is 2. The summed E-state index contributed by atoms with van der Waals surface area (Å²) in [5, 5.41) is 39.6. The van der Waals surface area contributed by atoms with Gasteiger partial charge in [0.25, 0.3) is 5.91 Å². The number of amides is 1. The molecule has 6 aliphatic rings. The van der Waals surface area contributed by atoms with E-state index in [0.717, 1.165) is 13.1 Å². The summed E-state index contributed by atoms with van der Waals surface area (Å²) in [4.78, 5) is 46.2. The van der Waals surface area contributed by atoms with Crippen molar-refractivity contribution < 1.29 is 58.1 Å². The Hall–Kier alpha value is -3.67. The Morgan fingerprint density at radius 3 is 2.48 bits per heavy atom. The molecule has 4 N–H and O–H groups in total. The van der Waals surface area contributed by atoms with Crippen LogP contribution in [0.3, 0.4) is 0 Å². The maximum atomic E-state index is 14.3. The maximum Gasteiger partial charge on any atom is 0.254 e. The fraction of sp³-hybridized carbons (Fsp3) is 0.595. The van der Waals surface area contributed by atoms with Crippen molar-refractivity contribution >= 4 is 17.5 Å². The third kappa shape index (κ3) is 5.60. The highest BCUT2D eigenvalue weighted by molar-refractivity contribution is 6.31. The van der Waals surface area contributed by atoms with Crippen LogP contribution in [0.1, 0.15) is 81.7 Å². The van der Waals surface area contributed by atoms with Crippen molar-refractivity contribution in [2.75, 3.05) is 53.6 Å². The van der Waals surface area contributed by atoms with Gasteiger partial charge in [-0.1, -0.05) is 12.1 Å². The Labute approximate surface area is 300 Å². The van der Waals surface area contributed by atoms with Crippen molar-refractivity contribution in [3.8, 4) is 17.2 Å². The number of methoxy groups -OCH3 is 2. The van der Waals surface area contributed by atoms with Crippen LogP contribution in [-0.4, -0.2) is 139 Å². The van der Waals surface area contributed by atoms with Gasteiger partial charge in [0.1, 0.15) is 29.0 Å². The molecule has 8 atom stereocenters. The van der Waals surface area contributed by atoms with Gasteiger partial charge < -0.3 is 54.0 Å². The highest BCUT2D eigenvalue weighted by Gasteiger charge is 2.55. The second-order valence-electron chi connectivity index (χ2n) is 14.4. The van der Waals surface area contributed by atoms with Gasteiger partial charge in [-0.3, -0.25) is 19.3 Å². The number of morpholine rings is 1. The van der Waals surface area contributed by atoms with Crippen LogP contribution in [-0.2, 0) is 34.9 Å². The van der Waals surface area contributed by atoms with E-state index in [1.165, 1.54) is 19.2 Å². The number of aliphatic hydroxyl groups is 1. The van der Waals surface area contributed by atoms with Gasteiger partial charge in [0.05, 0.1) is 42.6 Å². The number of ketones is 2. The summed E-state index contributed by atoms with van der Waals surface area (Å²) in [6.07, 6.45) is -2.92. The SMILES string of the molecule is COc1cccc2c1C(=O)c1c(O)c3c(c(O)c1C2=O)C[C@@](O)(C(=O)N1CCCNCCC1)C[C@@H]3O[C@H]1C[C@H]2[C@H](O[C@@H]3[C@@H](OC)OCCN32)[C@H](C)O1. The number of phenols is 2. The number of hydrogen-bond donors (Lipinski definition) is 4. The molecule has 0 saturated carbocycles. The highest BCUT2D eigenvalue weighted by Crippen LogP contribution is 2.53. The monoisotopic (exact) mass is 723 g/mol. The second-order valence-corrected chi connectivity index (χ2v) is 14.4. The molecule has 15 heteroatoms. The lowest BCUT2D eigenvalue weighted by Gasteiger charge is -2.44. The van der Waals surface area contributed by atoms with Gasteiger partial charge in [0.2, 0.25) is 5.78 Å². The molecule has 4 heterocycles. The van der Waals surface area contributed by atoms with Gasteiger partial charge in [-0.15, -0.1) is 0 Å². The molecule has 8 rings (SSSR count). The Balaban J connectivity index is 1.20. The summed E-state index contributed by atoms with van der Waals surface area (Å²) >= 11 is 0. The third-order valence-electron chi connectivity index (χ3n) is 11.4. The quantitative estimate of drug-likeness (QED) is 0.277. The van der Waals surface area contributed by atoms with Crippen LogP contribution in [0.25, 0.3) is 0 Å². The van der Waals surface area contributed by atoms with E-state index in [4.69, 9.17) is 28.4 Å². The average molecular weight is 724 g/mol. The third-order valence-corrected chi connectivity index (χ3v) is 11.4. The van der Waals surface area contributed by atoms with Crippen LogP contribution in [0.15, 0.2) is 18.2 Å². The largest absolute Gasteiger partial charge is 0.507 e. The average Bonchev–Trinajstić information content (AvgIpc) is 3.50. The number of hydrogen-bond acceptors (Lipinski definition) is 14. The maximum absolute atomic E-state index is 14.3. The van der Waals surface area contributed by atoms with Crippen LogP contribution in [0.4, 0.5) is 0 Å². The Bertz CT molecular complexity index is 1780. The van der Waals surface area contributed by atoms with Crippen molar-refractivity contribution in [3.05, 3.63) is 51.6 Å². The number of ether oxygens (including phenoxy) is 6. The molecular weight excluding hydrogens is 678 g/mol. The number of nitrogens with zero attached hydrogens (tertiary/aromatic N) is 2. The topological polar surface area (TPSA) is 186 Å². The van der Waals surface area contributed by atoms with E-state index < -0.39 is 77.6 Å². The zero-order valence-electron chi connectivity index (χ0n) is 29.5. The molecule has 0 spiro atoms. The van der Waals surface area contributed by atoms with E-state index in [1.54, 1.807) is 18.1 Å². The van der Waals surface area contributed by atoms with Crippen LogP contribution >= 0.6 is 0 Å². The molecule has 15 nitrogen and oxygen atoms in total.